The van der Waals surface area contributed by atoms with E-state index in [-0.39, 0.29) is 38.3 Å². The number of aryl methyl sites for hydroxylation is 1. The Kier molecular flexibility index (Phi) is 3.90. The van der Waals surface area contributed by atoms with E-state index in [0.717, 1.165) is 0 Å². The van der Waals surface area contributed by atoms with Crippen LogP contribution in [0.25, 0.3) is 0 Å². The van der Waals surface area contributed by atoms with Crippen molar-refractivity contribution in [1.29, 1.82) is 0 Å². The van der Waals surface area contributed by atoms with E-state index in [1.54, 1.807) is 14.1 Å². The Morgan fingerprint density at radius 1 is 1.70 bits per heavy atom. The van der Waals surface area contributed by atoms with Crippen LogP contribution in [0.15, 0.2) is 15.9 Å². The summed E-state index contributed by atoms with van der Waals surface area (Å²) in [4.78, 5) is 14.4. The zero-order valence-electron chi connectivity index (χ0n) is 5.96. The molecule has 1 heterocycles. The topological polar surface area (TPSA) is 50.1 Å². The first-order valence-electron chi connectivity index (χ1n) is 2.60. The van der Waals surface area contributed by atoms with Gasteiger partial charge in [-0.1, -0.05) is 0 Å². The van der Waals surface area contributed by atoms with Gasteiger partial charge < -0.3 is 14.9 Å². The van der Waals surface area contributed by atoms with Crippen molar-refractivity contribution < 1.29 is 32.7 Å². The Hall–Kier alpha value is -0.0861. The van der Waals surface area contributed by atoms with Crippen molar-refractivity contribution in [1.82, 2.24) is 9.78 Å². The second kappa shape index (κ2) is 3.93. The SMILES string of the molecule is CN=c1[cH-]c(=O)n(C)[nH]1.[Y+3]. The summed E-state index contributed by atoms with van der Waals surface area (Å²) < 4.78 is 1.38. The van der Waals surface area contributed by atoms with E-state index >= 15 is 0 Å². The molecule has 5 heteroatoms. The summed E-state index contributed by atoms with van der Waals surface area (Å²) in [6, 6.07) is 1.44. The fraction of sp³-hybridized carbons (Fsp3) is 0.400. The van der Waals surface area contributed by atoms with Crippen molar-refractivity contribution in [2.24, 2.45) is 12.0 Å². The van der Waals surface area contributed by atoms with Crippen LogP contribution in [0.3, 0.4) is 0 Å². The number of rotatable bonds is 0. The molecule has 1 aromatic heterocycles. The summed E-state index contributed by atoms with van der Waals surface area (Å²) in [5.74, 6) is 0. The molecule has 0 fully saturated rings. The Bertz CT molecular complexity index is 305. The van der Waals surface area contributed by atoms with Crippen LogP contribution in [0.2, 0.25) is 0 Å². The van der Waals surface area contributed by atoms with Crippen LogP contribution in [0, 0.1) is 0 Å². The molecule has 0 saturated heterocycles. The average molecular weight is 215 g/mol. The van der Waals surface area contributed by atoms with Crippen LogP contribution in [-0.2, 0) is 39.8 Å². The van der Waals surface area contributed by atoms with Crippen molar-refractivity contribution in [2.45, 2.75) is 0 Å². The molecule has 0 aliphatic heterocycles. The average Bonchev–Trinajstić information content (AvgIpc) is 2.13. The summed E-state index contributed by atoms with van der Waals surface area (Å²) in [6.07, 6.45) is 0. The molecule has 0 amide bonds. The maximum Gasteiger partial charge on any atom is 3.00 e. The van der Waals surface area contributed by atoms with Gasteiger partial charge in [0.05, 0.1) is 0 Å². The molecule has 0 unspecified atom stereocenters. The largest absolute Gasteiger partial charge is 3.00 e. The quantitative estimate of drug-likeness (QED) is 0.552. The monoisotopic (exact) mass is 215 g/mol. The number of nitrogens with one attached hydrogen (secondary N) is 1. The fourth-order valence-corrected chi connectivity index (χ4v) is 0.588. The van der Waals surface area contributed by atoms with Crippen molar-refractivity contribution in [3.8, 4) is 0 Å². The minimum absolute atomic E-state index is 0. The molecule has 0 bridgehead atoms. The predicted octanol–water partition coefficient (Wildman–Crippen LogP) is -1.04. The standard InChI is InChI=1S/C5H8N3O.Y/c1-6-4-3-5(9)8(2)7-4;/h3H,1-2H3,(H,6,7);/q-1;+3. The van der Waals surface area contributed by atoms with Crippen LogP contribution >= 0.6 is 0 Å². The molecule has 1 rings (SSSR count). The van der Waals surface area contributed by atoms with Crippen LogP contribution in [0.5, 0.6) is 0 Å². The fourth-order valence-electron chi connectivity index (χ4n) is 0.588. The molecule has 0 atom stereocenters. The molecule has 0 radical (unpaired) electrons. The predicted molar refractivity (Wildman–Crippen MR) is 33.1 cm³/mol. The maximum atomic E-state index is 10.7. The van der Waals surface area contributed by atoms with E-state index < -0.39 is 0 Å². The molecule has 1 aromatic rings. The number of nitrogens with zero attached hydrogens (tertiary/aromatic N) is 2. The van der Waals surface area contributed by atoms with Gasteiger partial charge in [0.2, 0.25) is 0 Å². The minimum atomic E-state index is -0.0596. The van der Waals surface area contributed by atoms with Gasteiger partial charge in [-0.15, -0.1) is 0 Å². The van der Waals surface area contributed by atoms with E-state index in [1.807, 2.05) is 0 Å². The van der Waals surface area contributed by atoms with Gasteiger partial charge in [0.15, 0.2) is 0 Å². The van der Waals surface area contributed by atoms with Gasteiger partial charge in [0.25, 0.3) is 0 Å². The Morgan fingerprint density at radius 3 is 2.50 bits per heavy atom. The second-order valence-corrected chi connectivity index (χ2v) is 1.76. The van der Waals surface area contributed by atoms with Gasteiger partial charge in [0.1, 0.15) is 5.56 Å². The third-order valence-corrected chi connectivity index (χ3v) is 1.11. The second-order valence-electron chi connectivity index (χ2n) is 1.76. The first-order valence-corrected chi connectivity index (χ1v) is 2.60. The summed E-state index contributed by atoms with van der Waals surface area (Å²) in [7, 11) is 3.28. The smallest absolute Gasteiger partial charge is 0.314 e. The maximum absolute atomic E-state index is 10.7. The first kappa shape index (κ1) is 9.91. The molecule has 50 valence electrons. The molecule has 0 saturated carbocycles. The molecule has 0 aromatic carbocycles. The Morgan fingerprint density at radius 2 is 2.30 bits per heavy atom. The molecule has 0 aliphatic rings. The third kappa shape index (κ3) is 1.95. The van der Waals surface area contributed by atoms with Crippen molar-refractivity contribution in [2.75, 3.05) is 7.05 Å². The zero-order valence-corrected chi connectivity index (χ0v) is 8.80. The van der Waals surface area contributed by atoms with E-state index in [2.05, 4.69) is 10.1 Å². The van der Waals surface area contributed by atoms with Gasteiger partial charge in [-0.25, -0.2) is 6.07 Å². The van der Waals surface area contributed by atoms with E-state index in [9.17, 15) is 4.79 Å². The molecule has 4 nitrogen and oxygen atoms in total. The number of H-pyrrole nitrogens is 1. The Labute approximate surface area is 83.2 Å². The number of hydrogen-bond acceptors (Lipinski definition) is 2. The van der Waals surface area contributed by atoms with Gasteiger partial charge in [-0.3, -0.25) is 4.68 Å². The first-order chi connectivity index (χ1) is 4.24. The molecule has 0 aliphatic carbocycles. The van der Waals surface area contributed by atoms with E-state index in [4.69, 9.17) is 0 Å². The normalized spacial score (nSPS) is 11.2. The van der Waals surface area contributed by atoms with E-state index in [0.29, 0.717) is 5.49 Å². The van der Waals surface area contributed by atoms with Gasteiger partial charge in [-0.2, -0.15) is 0 Å². The molecule has 0 spiro atoms. The van der Waals surface area contributed by atoms with Gasteiger partial charge in [0, 0.05) is 14.1 Å². The van der Waals surface area contributed by atoms with Crippen LogP contribution in [-0.4, -0.2) is 16.8 Å². The summed E-state index contributed by atoms with van der Waals surface area (Å²) in [5.41, 5.74) is 0.554. The van der Waals surface area contributed by atoms with Gasteiger partial charge >= 0.3 is 32.7 Å². The number of aromatic nitrogens is 2. The summed E-state index contributed by atoms with van der Waals surface area (Å²) >= 11 is 0. The third-order valence-electron chi connectivity index (χ3n) is 1.11. The summed E-state index contributed by atoms with van der Waals surface area (Å²) in [5, 5.41) is 2.73. The minimum Gasteiger partial charge on any atom is -0.314 e. The molecular weight excluding hydrogens is 207 g/mol. The van der Waals surface area contributed by atoms with Crippen molar-refractivity contribution in [3.63, 3.8) is 0 Å². The summed E-state index contributed by atoms with van der Waals surface area (Å²) in [6.45, 7) is 0. The molecule has 10 heavy (non-hydrogen) atoms. The molecule has 1 N–H and O–H groups in total. The van der Waals surface area contributed by atoms with Crippen LogP contribution < -0.4 is 11.0 Å². The van der Waals surface area contributed by atoms with Crippen LogP contribution in [0.1, 0.15) is 0 Å². The van der Waals surface area contributed by atoms with E-state index in [1.165, 1.54) is 10.7 Å². The zero-order chi connectivity index (χ0) is 6.85. The van der Waals surface area contributed by atoms with Gasteiger partial charge in [-0.05, 0) is 5.49 Å². The van der Waals surface area contributed by atoms with Crippen LogP contribution in [0.4, 0.5) is 0 Å². The molecular formula is C5H8N3OY+2. The number of hydrogen-bond donors (Lipinski definition) is 1. The van der Waals surface area contributed by atoms with Crippen molar-refractivity contribution >= 4 is 0 Å². The van der Waals surface area contributed by atoms with Crippen molar-refractivity contribution in [3.05, 3.63) is 21.9 Å². The number of aromatic amines is 1. The Balaban J connectivity index is 0.000000810.